The summed E-state index contributed by atoms with van der Waals surface area (Å²) in [6.45, 7) is 2.01. The average molecular weight is 353 g/mol. The molecule has 6 heteroatoms. The van der Waals surface area contributed by atoms with E-state index in [0.29, 0.717) is 5.82 Å². The Morgan fingerprint density at radius 1 is 1.20 bits per heavy atom. The van der Waals surface area contributed by atoms with Crippen LogP contribution in [0.25, 0.3) is 5.69 Å². The number of hydrogen-bond donors (Lipinski definition) is 1. The highest BCUT2D eigenvalue weighted by atomic mass is 32.2. The van der Waals surface area contributed by atoms with Crippen molar-refractivity contribution in [3.63, 3.8) is 0 Å². The molecule has 0 fully saturated rings. The molecule has 25 heavy (non-hydrogen) atoms. The third-order valence-electron chi connectivity index (χ3n) is 4.15. The topological polar surface area (TPSA) is 46.9 Å². The van der Waals surface area contributed by atoms with Crippen molar-refractivity contribution in [2.75, 3.05) is 5.32 Å². The summed E-state index contributed by atoms with van der Waals surface area (Å²) in [6, 6.07) is 13.9. The number of nitrogens with one attached hydrogen (secondary N) is 1. The van der Waals surface area contributed by atoms with Gasteiger partial charge in [0.05, 0.1) is 16.9 Å². The third kappa shape index (κ3) is 2.93. The standard InChI is InChI=1S/C19H16FN3OS/c1-12-5-4-6-13(9-12)23-18(15-10-25-11-17(15)22-23)21-19(24)14-7-2-3-8-16(14)20/h2-9H,10-11H2,1H3,(H,21,24). The highest BCUT2D eigenvalue weighted by Crippen LogP contribution is 2.36. The van der Waals surface area contributed by atoms with Crippen LogP contribution in [0.3, 0.4) is 0 Å². The molecule has 2 heterocycles. The number of aryl methyl sites for hydroxylation is 1. The highest BCUT2D eigenvalue weighted by Gasteiger charge is 2.25. The maximum atomic E-state index is 13.9. The lowest BCUT2D eigenvalue weighted by Crippen LogP contribution is -2.17. The Hall–Kier alpha value is -2.60. The second-order valence-electron chi connectivity index (χ2n) is 5.95. The molecule has 1 amide bonds. The van der Waals surface area contributed by atoms with E-state index in [4.69, 9.17) is 0 Å². The van der Waals surface area contributed by atoms with Gasteiger partial charge in [0, 0.05) is 17.1 Å². The number of carbonyl (C=O) groups is 1. The van der Waals surface area contributed by atoms with E-state index in [1.54, 1.807) is 28.6 Å². The SMILES string of the molecule is Cc1cccc(-n2nc3c(c2NC(=O)c2ccccc2F)CSC3)c1. The van der Waals surface area contributed by atoms with E-state index in [-0.39, 0.29) is 5.56 Å². The van der Waals surface area contributed by atoms with Gasteiger partial charge in [0.25, 0.3) is 5.91 Å². The number of hydrogen-bond acceptors (Lipinski definition) is 3. The van der Waals surface area contributed by atoms with Crippen LogP contribution in [0.15, 0.2) is 48.5 Å². The van der Waals surface area contributed by atoms with E-state index < -0.39 is 11.7 Å². The van der Waals surface area contributed by atoms with Crippen molar-refractivity contribution in [3.8, 4) is 5.69 Å². The van der Waals surface area contributed by atoms with Crippen molar-refractivity contribution >= 4 is 23.5 Å². The van der Waals surface area contributed by atoms with Crippen molar-refractivity contribution in [2.24, 2.45) is 0 Å². The molecule has 4 rings (SSSR count). The summed E-state index contributed by atoms with van der Waals surface area (Å²) < 4.78 is 15.7. The number of benzene rings is 2. The van der Waals surface area contributed by atoms with Crippen molar-refractivity contribution in [1.29, 1.82) is 0 Å². The number of thioether (sulfide) groups is 1. The zero-order valence-corrected chi connectivity index (χ0v) is 14.4. The number of rotatable bonds is 3. The molecule has 0 unspecified atom stereocenters. The van der Waals surface area contributed by atoms with Gasteiger partial charge in [0.1, 0.15) is 11.6 Å². The molecule has 0 atom stereocenters. The van der Waals surface area contributed by atoms with Gasteiger partial charge < -0.3 is 5.32 Å². The normalized spacial score (nSPS) is 12.9. The smallest absolute Gasteiger partial charge is 0.259 e. The van der Waals surface area contributed by atoms with Crippen LogP contribution in [-0.4, -0.2) is 15.7 Å². The Bertz CT molecular complexity index is 967. The zero-order valence-electron chi connectivity index (χ0n) is 13.6. The van der Waals surface area contributed by atoms with Crippen molar-refractivity contribution in [3.05, 3.63) is 76.7 Å². The number of aromatic nitrogens is 2. The lowest BCUT2D eigenvalue weighted by molar-refractivity contribution is 0.102. The maximum Gasteiger partial charge on any atom is 0.259 e. The molecular weight excluding hydrogens is 337 g/mol. The minimum Gasteiger partial charge on any atom is -0.306 e. The summed E-state index contributed by atoms with van der Waals surface area (Å²) >= 11 is 1.76. The molecule has 0 bridgehead atoms. The van der Waals surface area contributed by atoms with Gasteiger partial charge in [-0.05, 0) is 36.8 Å². The Kier molecular flexibility index (Phi) is 4.05. The lowest BCUT2D eigenvalue weighted by Gasteiger charge is -2.12. The van der Waals surface area contributed by atoms with Gasteiger partial charge in [-0.25, -0.2) is 9.07 Å². The molecule has 2 aromatic carbocycles. The fourth-order valence-electron chi connectivity index (χ4n) is 2.91. The van der Waals surface area contributed by atoms with Crippen LogP contribution >= 0.6 is 11.8 Å². The summed E-state index contributed by atoms with van der Waals surface area (Å²) in [7, 11) is 0. The molecule has 0 saturated heterocycles. The first-order valence-corrected chi connectivity index (χ1v) is 9.10. The summed E-state index contributed by atoms with van der Waals surface area (Å²) in [5.74, 6) is 1.23. The number of halogens is 1. The minimum absolute atomic E-state index is 0.0268. The summed E-state index contributed by atoms with van der Waals surface area (Å²) in [5, 5.41) is 7.53. The molecule has 1 aliphatic rings. The van der Waals surface area contributed by atoms with Gasteiger partial charge in [-0.3, -0.25) is 4.79 Å². The van der Waals surface area contributed by atoms with Gasteiger partial charge in [0.2, 0.25) is 0 Å². The molecule has 1 aromatic heterocycles. The van der Waals surface area contributed by atoms with Crippen LogP contribution in [0.5, 0.6) is 0 Å². The number of amides is 1. The average Bonchev–Trinajstić information content (AvgIpc) is 3.18. The fraction of sp³-hybridized carbons (Fsp3) is 0.158. The molecule has 0 radical (unpaired) electrons. The van der Waals surface area contributed by atoms with E-state index in [1.165, 1.54) is 12.1 Å². The van der Waals surface area contributed by atoms with Crippen LogP contribution in [0.4, 0.5) is 10.2 Å². The van der Waals surface area contributed by atoms with Crippen molar-refractivity contribution < 1.29 is 9.18 Å². The van der Waals surface area contributed by atoms with Gasteiger partial charge in [0.15, 0.2) is 0 Å². The van der Waals surface area contributed by atoms with Crippen LogP contribution in [0, 0.1) is 12.7 Å². The molecule has 1 aliphatic heterocycles. The first kappa shape index (κ1) is 15.9. The first-order valence-electron chi connectivity index (χ1n) is 7.95. The summed E-state index contributed by atoms with van der Waals surface area (Å²) in [5.41, 5.74) is 3.99. The Labute approximate surface area is 149 Å². The third-order valence-corrected chi connectivity index (χ3v) is 5.12. The van der Waals surface area contributed by atoms with Gasteiger partial charge in [-0.15, -0.1) is 0 Å². The van der Waals surface area contributed by atoms with Gasteiger partial charge in [-0.1, -0.05) is 24.3 Å². The second kappa shape index (κ2) is 6.37. The Morgan fingerprint density at radius 2 is 2.04 bits per heavy atom. The Balaban J connectivity index is 1.76. The first-order chi connectivity index (χ1) is 12.1. The predicted molar refractivity (Wildman–Crippen MR) is 97.7 cm³/mol. The van der Waals surface area contributed by atoms with Gasteiger partial charge in [-0.2, -0.15) is 16.9 Å². The van der Waals surface area contributed by atoms with Crippen LogP contribution < -0.4 is 5.32 Å². The molecule has 1 N–H and O–H groups in total. The van der Waals surface area contributed by atoms with E-state index in [1.807, 2.05) is 31.2 Å². The molecule has 4 nitrogen and oxygen atoms in total. The number of anilines is 1. The number of carbonyl (C=O) groups excluding carboxylic acids is 1. The zero-order chi connectivity index (χ0) is 17.4. The maximum absolute atomic E-state index is 13.9. The van der Waals surface area contributed by atoms with Crippen molar-refractivity contribution in [1.82, 2.24) is 9.78 Å². The minimum atomic E-state index is -0.535. The van der Waals surface area contributed by atoms with Crippen LogP contribution in [0.1, 0.15) is 27.2 Å². The van der Waals surface area contributed by atoms with E-state index in [2.05, 4.69) is 10.4 Å². The fourth-order valence-corrected chi connectivity index (χ4v) is 3.94. The molecule has 3 aromatic rings. The van der Waals surface area contributed by atoms with Crippen molar-refractivity contribution in [2.45, 2.75) is 18.4 Å². The second-order valence-corrected chi connectivity index (χ2v) is 6.94. The Morgan fingerprint density at radius 3 is 2.84 bits per heavy atom. The quantitative estimate of drug-likeness (QED) is 0.763. The van der Waals surface area contributed by atoms with E-state index in [0.717, 1.165) is 34.0 Å². The monoisotopic (exact) mass is 353 g/mol. The van der Waals surface area contributed by atoms with Gasteiger partial charge >= 0.3 is 0 Å². The summed E-state index contributed by atoms with van der Waals surface area (Å²) in [4.78, 5) is 12.6. The van der Waals surface area contributed by atoms with Crippen LogP contribution in [0.2, 0.25) is 0 Å². The predicted octanol–water partition coefficient (Wildman–Crippen LogP) is 4.32. The lowest BCUT2D eigenvalue weighted by atomic mass is 10.2. The number of nitrogens with zero attached hydrogens (tertiary/aromatic N) is 2. The molecule has 0 aliphatic carbocycles. The number of fused-ring (bicyclic) bond motifs is 1. The largest absolute Gasteiger partial charge is 0.306 e. The van der Waals surface area contributed by atoms with Crippen LogP contribution in [-0.2, 0) is 11.5 Å². The molecule has 126 valence electrons. The molecule has 0 saturated carbocycles. The highest BCUT2D eigenvalue weighted by molar-refractivity contribution is 7.98. The summed E-state index contributed by atoms with van der Waals surface area (Å²) in [6.07, 6.45) is 0. The molecule has 0 spiro atoms. The van der Waals surface area contributed by atoms with E-state index >= 15 is 0 Å². The molecular formula is C19H16FN3OS. The van der Waals surface area contributed by atoms with E-state index in [9.17, 15) is 9.18 Å².